The maximum absolute atomic E-state index is 5.99. The molecule has 0 fully saturated rings. The quantitative estimate of drug-likeness (QED) is 0.612. The van der Waals surface area contributed by atoms with Crippen molar-refractivity contribution >= 4 is 28.2 Å². The summed E-state index contributed by atoms with van der Waals surface area (Å²) in [7, 11) is 0. The van der Waals surface area contributed by atoms with Gasteiger partial charge in [0.1, 0.15) is 0 Å². The van der Waals surface area contributed by atoms with E-state index in [0.29, 0.717) is 10.7 Å². The van der Waals surface area contributed by atoms with Gasteiger partial charge in [-0.05, 0) is 19.1 Å². The molecular formula is C8H8ClN3. The number of hydrogen-bond acceptors (Lipinski definition) is 2. The molecule has 0 spiro atoms. The van der Waals surface area contributed by atoms with E-state index in [-0.39, 0.29) is 0 Å². The van der Waals surface area contributed by atoms with Gasteiger partial charge in [-0.3, -0.25) is 5.10 Å². The third-order valence-electron chi connectivity index (χ3n) is 1.87. The van der Waals surface area contributed by atoms with Crippen LogP contribution in [0.4, 0.5) is 5.69 Å². The molecule has 0 radical (unpaired) electrons. The van der Waals surface area contributed by atoms with E-state index < -0.39 is 0 Å². The summed E-state index contributed by atoms with van der Waals surface area (Å²) in [4.78, 5) is 0. The Morgan fingerprint density at radius 1 is 1.50 bits per heavy atom. The van der Waals surface area contributed by atoms with E-state index in [9.17, 15) is 0 Å². The Hall–Kier alpha value is -1.22. The molecule has 0 unspecified atom stereocenters. The number of rotatable bonds is 0. The molecule has 3 N–H and O–H groups in total. The van der Waals surface area contributed by atoms with Crippen LogP contribution in [0.25, 0.3) is 10.9 Å². The minimum absolute atomic E-state index is 0.582. The second-order valence-corrected chi connectivity index (χ2v) is 3.09. The van der Waals surface area contributed by atoms with E-state index >= 15 is 0 Å². The van der Waals surface area contributed by atoms with Crippen LogP contribution in [0.2, 0.25) is 5.02 Å². The number of H-pyrrole nitrogens is 1. The van der Waals surface area contributed by atoms with Gasteiger partial charge in [-0.1, -0.05) is 11.6 Å². The molecule has 0 aliphatic rings. The van der Waals surface area contributed by atoms with E-state index in [1.165, 1.54) is 0 Å². The highest BCUT2D eigenvalue weighted by atomic mass is 35.5. The maximum atomic E-state index is 5.99. The van der Waals surface area contributed by atoms with Crippen LogP contribution in [0, 0.1) is 6.92 Å². The molecular weight excluding hydrogens is 174 g/mol. The first kappa shape index (κ1) is 7.43. The second-order valence-electron chi connectivity index (χ2n) is 2.71. The number of nitrogens with zero attached hydrogens (tertiary/aromatic N) is 1. The van der Waals surface area contributed by atoms with Gasteiger partial charge in [-0.2, -0.15) is 5.10 Å². The van der Waals surface area contributed by atoms with Crippen molar-refractivity contribution in [3.05, 3.63) is 22.8 Å². The monoisotopic (exact) mass is 181 g/mol. The van der Waals surface area contributed by atoms with Gasteiger partial charge in [-0.25, -0.2) is 0 Å². The molecule has 1 heterocycles. The molecule has 1 aromatic heterocycles. The van der Waals surface area contributed by atoms with E-state index in [1.54, 1.807) is 6.07 Å². The summed E-state index contributed by atoms with van der Waals surface area (Å²) in [6, 6.07) is 3.60. The second kappa shape index (κ2) is 2.38. The van der Waals surface area contributed by atoms with Crippen LogP contribution in [0.15, 0.2) is 12.1 Å². The summed E-state index contributed by atoms with van der Waals surface area (Å²) in [5.41, 5.74) is 8.03. The van der Waals surface area contributed by atoms with Gasteiger partial charge in [-0.15, -0.1) is 0 Å². The third kappa shape index (κ3) is 0.865. The fourth-order valence-corrected chi connectivity index (χ4v) is 1.53. The van der Waals surface area contributed by atoms with Crippen molar-refractivity contribution in [2.24, 2.45) is 0 Å². The topological polar surface area (TPSA) is 54.7 Å². The van der Waals surface area contributed by atoms with Gasteiger partial charge in [0.15, 0.2) is 0 Å². The van der Waals surface area contributed by atoms with Crippen molar-refractivity contribution in [2.45, 2.75) is 6.92 Å². The standard InChI is InChI=1S/C8H8ClN3/c1-4-7-6(12-11-4)3-2-5(10)8(7)9/h2-3H,10H2,1H3,(H,11,12). The van der Waals surface area contributed by atoms with Crippen molar-refractivity contribution in [1.82, 2.24) is 10.2 Å². The molecule has 3 nitrogen and oxygen atoms in total. The summed E-state index contributed by atoms with van der Waals surface area (Å²) >= 11 is 5.99. The summed E-state index contributed by atoms with van der Waals surface area (Å²) in [5, 5.41) is 8.41. The maximum Gasteiger partial charge on any atom is 0.0940 e. The Morgan fingerprint density at radius 3 is 3.00 bits per heavy atom. The number of hydrogen-bond donors (Lipinski definition) is 2. The first-order valence-corrected chi connectivity index (χ1v) is 3.96. The van der Waals surface area contributed by atoms with Crippen molar-refractivity contribution in [2.75, 3.05) is 5.73 Å². The largest absolute Gasteiger partial charge is 0.398 e. The molecule has 0 aliphatic heterocycles. The molecule has 4 heteroatoms. The van der Waals surface area contributed by atoms with Gasteiger partial charge in [0.2, 0.25) is 0 Å². The van der Waals surface area contributed by atoms with E-state index in [1.807, 2.05) is 13.0 Å². The highest BCUT2D eigenvalue weighted by Gasteiger charge is 2.07. The summed E-state index contributed by atoms with van der Waals surface area (Å²) in [6.45, 7) is 1.92. The number of aryl methyl sites for hydroxylation is 1. The highest BCUT2D eigenvalue weighted by molar-refractivity contribution is 6.38. The number of nitrogens with one attached hydrogen (secondary N) is 1. The molecule has 62 valence electrons. The third-order valence-corrected chi connectivity index (χ3v) is 2.28. The lowest BCUT2D eigenvalue weighted by Crippen LogP contribution is -1.85. The molecule has 12 heavy (non-hydrogen) atoms. The van der Waals surface area contributed by atoms with Crippen molar-refractivity contribution in [1.29, 1.82) is 0 Å². The predicted octanol–water partition coefficient (Wildman–Crippen LogP) is 2.11. The summed E-state index contributed by atoms with van der Waals surface area (Å²) in [5.74, 6) is 0. The van der Waals surface area contributed by atoms with Crippen molar-refractivity contribution < 1.29 is 0 Å². The zero-order chi connectivity index (χ0) is 8.72. The van der Waals surface area contributed by atoms with Crippen molar-refractivity contribution in [3.8, 4) is 0 Å². The zero-order valence-corrected chi connectivity index (χ0v) is 7.31. The molecule has 2 rings (SSSR count). The fourth-order valence-electron chi connectivity index (χ4n) is 1.23. The Balaban J connectivity index is 2.96. The lowest BCUT2D eigenvalue weighted by Gasteiger charge is -1.97. The van der Waals surface area contributed by atoms with Crippen LogP contribution >= 0.6 is 11.6 Å². The van der Waals surface area contributed by atoms with E-state index in [2.05, 4.69) is 10.2 Å². The summed E-state index contributed by atoms with van der Waals surface area (Å²) < 4.78 is 0. The average molecular weight is 182 g/mol. The average Bonchev–Trinajstić information content (AvgIpc) is 2.41. The molecule has 2 aromatic rings. The molecule has 0 saturated carbocycles. The minimum atomic E-state index is 0.582. The first-order chi connectivity index (χ1) is 5.70. The first-order valence-electron chi connectivity index (χ1n) is 3.59. The zero-order valence-electron chi connectivity index (χ0n) is 6.56. The molecule has 1 aromatic carbocycles. The number of anilines is 1. The van der Waals surface area contributed by atoms with Gasteiger partial charge >= 0.3 is 0 Å². The van der Waals surface area contributed by atoms with E-state index in [4.69, 9.17) is 17.3 Å². The van der Waals surface area contributed by atoms with Gasteiger partial charge in [0.25, 0.3) is 0 Å². The number of aromatic nitrogens is 2. The van der Waals surface area contributed by atoms with Crippen LogP contribution in [0.5, 0.6) is 0 Å². The summed E-state index contributed by atoms with van der Waals surface area (Å²) in [6.07, 6.45) is 0. The SMILES string of the molecule is Cc1[nH]nc2ccc(N)c(Cl)c12. The molecule has 0 bridgehead atoms. The van der Waals surface area contributed by atoms with Crippen LogP contribution in [0.1, 0.15) is 5.69 Å². The Bertz CT molecular complexity index is 433. The Labute approximate surface area is 74.5 Å². The number of benzene rings is 1. The number of aromatic amines is 1. The molecule has 0 saturated heterocycles. The van der Waals surface area contributed by atoms with Gasteiger partial charge in [0, 0.05) is 11.1 Å². The number of fused-ring (bicyclic) bond motifs is 1. The van der Waals surface area contributed by atoms with Crippen LogP contribution < -0.4 is 5.73 Å². The van der Waals surface area contributed by atoms with Crippen LogP contribution in [0.3, 0.4) is 0 Å². The van der Waals surface area contributed by atoms with Gasteiger partial charge in [0.05, 0.1) is 16.2 Å². The Morgan fingerprint density at radius 2 is 2.25 bits per heavy atom. The van der Waals surface area contributed by atoms with Crippen LogP contribution in [-0.2, 0) is 0 Å². The Kier molecular flexibility index (Phi) is 1.48. The number of nitrogens with two attached hydrogens (primary N) is 1. The lowest BCUT2D eigenvalue weighted by molar-refractivity contribution is 1.07. The predicted molar refractivity (Wildman–Crippen MR) is 50.3 cm³/mol. The van der Waals surface area contributed by atoms with E-state index in [0.717, 1.165) is 16.6 Å². The smallest absolute Gasteiger partial charge is 0.0940 e. The van der Waals surface area contributed by atoms with Crippen molar-refractivity contribution in [3.63, 3.8) is 0 Å². The van der Waals surface area contributed by atoms with Crippen LogP contribution in [-0.4, -0.2) is 10.2 Å². The molecule has 0 atom stereocenters. The molecule has 0 amide bonds. The minimum Gasteiger partial charge on any atom is -0.398 e. The lowest BCUT2D eigenvalue weighted by atomic mass is 10.2. The van der Waals surface area contributed by atoms with Gasteiger partial charge < -0.3 is 5.73 Å². The number of halogens is 1. The normalized spacial score (nSPS) is 10.8. The fraction of sp³-hybridized carbons (Fsp3) is 0.125. The highest BCUT2D eigenvalue weighted by Crippen LogP contribution is 2.29. The number of nitrogen functional groups attached to an aromatic ring is 1. The molecule has 0 aliphatic carbocycles.